The zero-order valence-electron chi connectivity index (χ0n) is 20.1. The van der Waals surface area contributed by atoms with Gasteiger partial charge in [0, 0.05) is 45.0 Å². The lowest BCUT2D eigenvalue weighted by molar-refractivity contribution is -0.139. The molecule has 182 valence electrons. The Bertz CT molecular complexity index is 921. The predicted molar refractivity (Wildman–Crippen MR) is 134 cm³/mol. The molecule has 2 heterocycles. The quantitative estimate of drug-likeness (QED) is 0.649. The first-order valence-corrected chi connectivity index (χ1v) is 12.5. The van der Waals surface area contributed by atoms with Crippen LogP contribution >= 0.6 is 0 Å². The Labute approximate surface area is 202 Å². The normalized spacial score (nSPS) is 18.3. The number of hydrogen-bond donors (Lipinski definition) is 1. The van der Waals surface area contributed by atoms with Crippen molar-refractivity contribution in [2.24, 2.45) is 0 Å². The van der Waals surface area contributed by atoms with Crippen molar-refractivity contribution in [3.05, 3.63) is 60.2 Å². The number of anilines is 1. The maximum Gasteiger partial charge on any atom is 0.244 e. The molecule has 0 radical (unpaired) electrons. The first kappa shape index (κ1) is 24.2. The van der Waals surface area contributed by atoms with Gasteiger partial charge >= 0.3 is 0 Å². The highest BCUT2D eigenvalue weighted by atomic mass is 16.5. The van der Waals surface area contributed by atoms with Crippen LogP contribution in [-0.4, -0.2) is 78.9 Å². The molecule has 2 aromatic carbocycles. The van der Waals surface area contributed by atoms with Crippen LogP contribution in [0.5, 0.6) is 5.75 Å². The minimum absolute atomic E-state index is 0.0263. The van der Waals surface area contributed by atoms with Crippen molar-refractivity contribution in [3.63, 3.8) is 0 Å². The zero-order chi connectivity index (χ0) is 23.8. The lowest BCUT2D eigenvalue weighted by Crippen LogP contribution is -2.53. The van der Waals surface area contributed by atoms with Crippen molar-refractivity contribution >= 4 is 17.5 Å². The Morgan fingerprint density at radius 1 is 0.882 bits per heavy atom. The number of rotatable bonds is 8. The number of piperidine rings is 1. The summed E-state index contributed by atoms with van der Waals surface area (Å²) in [4.78, 5) is 32.6. The monoisotopic (exact) mass is 464 g/mol. The van der Waals surface area contributed by atoms with E-state index in [2.05, 4.69) is 27.2 Å². The standard InChI is InChI=1S/C27H36N4O3/c1-2-34-24-13-11-23(12-14-24)28-25(32)21-29-17-19-30(20-18-29)26(22-9-5-3-6-10-22)27(33)31-15-7-4-8-16-31/h3,5-6,9-14,26H,2,4,7-8,15-21H2,1H3,(H,28,32). The lowest BCUT2D eigenvalue weighted by atomic mass is 10.0. The molecule has 0 bridgehead atoms. The first-order chi connectivity index (χ1) is 16.6. The molecule has 2 amide bonds. The topological polar surface area (TPSA) is 65.1 Å². The summed E-state index contributed by atoms with van der Waals surface area (Å²) < 4.78 is 5.45. The highest BCUT2D eigenvalue weighted by molar-refractivity contribution is 5.92. The van der Waals surface area contributed by atoms with Gasteiger partial charge in [-0.25, -0.2) is 0 Å². The van der Waals surface area contributed by atoms with Gasteiger partial charge in [0.2, 0.25) is 11.8 Å². The summed E-state index contributed by atoms with van der Waals surface area (Å²) in [5, 5.41) is 2.97. The molecule has 7 nitrogen and oxygen atoms in total. The van der Waals surface area contributed by atoms with Gasteiger partial charge < -0.3 is 15.0 Å². The van der Waals surface area contributed by atoms with E-state index in [1.165, 1.54) is 6.42 Å². The Hall–Kier alpha value is -2.90. The van der Waals surface area contributed by atoms with Crippen molar-refractivity contribution in [1.29, 1.82) is 0 Å². The highest BCUT2D eigenvalue weighted by Gasteiger charge is 2.34. The van der Waals surface area contributed by atoms with Gasteiger partial charge in [-0.15, -0.1) is 0 Å². The molecule has 4 rings (SSSR count). The SMILES string of the molecule is CCOc1ccc(NC(=O)CN2CCN(C(C(=O)N3CCCCC3)c3ccccc3)CC2)cc1. The van der Waals surface area contributed by atoms with E-state index in [0.717, 1.165) is 69.1 Å². The average molecular weight is 465 g/mol. The largest absolute Gasteiger partial charge is 0.494 e. The van der Waals surface area contributed by atoms with E-state index in [9.17, 15) is 9.59 Å². The number of piperazine rings is 1. The van der Waals surface area contributed by atoms with Crippen LogP contribution in [0.4, 0.5) is 5.69 Å². The molecular formula is C27H36N4O3. The van der Waals surface area contributed by atoms with Crippen LogP contribution in [0, 0.1) is 0 Å². The van der Waals surface area contributed by atoms with Crippen LogP contribution in [0.15, 0.2) is 54.6 Å². The summed E-state index contributed by atoms with van der Waals surface area (Å²) in [5.74, 6) is 0.984. The van der Waals surface area contributed by atoms with Crippen molar-refractivity contribution < 1.29 is 14.3 Å². The third-order valence-corrected chi connectivity index (χ3v) is 6.61. The summed E-state index contributed by atoms with van der Waals surface area (Å²) in [7, 11) is 0. The van der Waals surface area contributed by atoms with Crippen LogP contribution in [0.3, 0.4) is 0 Å². The van der Waals surface area contributed by atoms with Crippen LogP contribution in [0.2, 0.25) is 0 Å². The summed E-state index contributed by atoms with van der Waals surface area (Å²) >= 11 is 0. The van der Waals surface area contributed by atoms with E-state index < -0.39 is 0 Å². The number of carbonyl (C=O) groups is 2. The molecule has 34 heavy (non-hydrogen) atoms. The number of benzene rings is 2. The van der Waals surface area contributed by atoms with Crippen LogP contribution < -0.4 is 10.1 Å². The Balaban J connectivity index is 1.33. The molecule has 0 aliphatic carbocycles. The van der Waals surface area contributed by atoms with E-state index in [-0.39, 0.29) is 17.9 Å². The molecule has 0 spiro atoms. The Kier molecular flexibility index (Phi) is 8.55. The van der Waals surface area contributed by atoms with Gasteiger partial charge in [0.25, 0.3) is 0 Å². The molecule has 2 aliphatic heterocycles. The second-order valence-corrected chi connectivity index (χ2v) is 9.02. The molecule has 2 fully saturated rings. The molecule has 2 saturated heterocycles. The Morgan fingerprint density at radius 2 is 1.56 bits per heavy atom. The van der Waals surface area contributed by atoms with Crippen molar-refractivity contribution in [2.45, 2.75) is 32.2 Å². The second kappa shape index (κ2) is 12.0. The van der Waals surface area contributed by atoms with E-state index in [4.69, 9.17) is 4.74 Å². The smallest absolute Gasteiger partial charge is 0.244 e. The van der Waals surface area contributed by atoms with Gasteiger partial charge in [-0.05, 0) is 56.0 Å². The average Bonchev–Trinajstić information content (AvgIpc) is 2.88. The van der Waals surface area contributed by atoms with Gasteiger partial charge in [0.15, 0.2) is 0 Å². The fraction of sp³-hybridized carbons (Fsp3) is 0.481. The molecule has 0 saturated carbocycles. The third kappa shape index (κ3) is 6.36. The zero-order valence-corrected chi connectivity index (χ0v) is 20.1. The van der Waals surface area contributed by atoms with Crippen LogP contribution in [-0.2, 0) is 9.59 Å². The summed E-state index contributed by atoms with van der Waals surface area (Å²) in [6, 6.07) is 17.3. The van der Waals surface area contributed by atoms with E-state index in [1.807, 2.05) is 54.3 Å². The number of ether oxygens (including phenoxy) is 1. The summed E-state index contributed by atoms with van der Waals surface area (Å²) in [6.07, 6.45) is 3.38. The number of hydrogen-bond acceptors (Lipinski definition) is 5. The minimum Gasteiger partial charge on any atom is -0.494 e. The van der Waals surface area contributed by atoms with Gasteiger partial charge in [0.1, 0.15) is 11.8 Å². The van der Waals surface area contributed by atoms with Crippen molar-refractivity contribution in [3.8, 4) is 5.75 Å². The first-order valence-electron chi connectivity index (χ1n) is 12.5. The van der Waals surface area contributed by atoms with Crippen molar-refractivity contribution in [1.82, 2.24) is 14.7 Å². The van der Waals surface area contributed by atoms with Gasteiger partial charge in [-0.2, -0.15) is 0 Å². The van der Waals surface area contributed by atoms with E-state index in [1.54, 1.807) is 0 Å². The summed E-state index contributed by atoms with van der Waals surface area (Å²) in [6.45, 7) is 7.65. The third-order valence-electron chi connectivity index (χ3n) is 6.61. The maximum atomic E-state index is 13.5. The van der Waals surface area contributed by atoms with Crippen LogP contribution in [0.25, 0.3) is 0 Å². The molecular weight excluding hydrogens is 428 g/mol. The fourth-order valence-electron chi connectivity index (χ4n) is 4.82. The van der Waals surface area contributed by atoms with Gasteiger partial charge in [0.05, 0.1) is 13.2 Å². The summed E-state index contributed by atoms with van der Waals surface area (Å²) in [5.41, 5.74) is 1.82. The minimum atomic E-state index is -0.251. The number of likely N-dealkylation sites (tertiary alicyclic amines) is 1. The molecule has 7 heteroatoms. The fourth-order valence-corrected chi connectivity index (χ4v) is 4.82. The maximum absolute atomic E-state index is 13.5. The van der Waals surface area contributed by atoms with E-state index in [0.29, 0.717) is 13.2 Å². The highest BCUT2D eigenvalue weighted by Crippen LogP contribution is 2.26. The number of carbonyl (C=O) groups excluding carboxylic acids is 2. The molecule has 1 unspecified atom stereocenters. The van der Waals surface area contributed by atoms with Gasteiger partial charge in [-0.1, -0.05) is 30.3 Å². The molecule has 0 aromatic heterocycles. The molecule has 1 atom stereocenters. The molecule has 2 aliphatic rings. The molecule has 1 N–H and O–H groups in total. The van der Waals surface area contributed by atoms with Gasteiger partial charge in [-0.3, -0.25) is 19.4 Å². The van der Waals surface area contributed by atoms with E-state index >= 15 is 0 Å². The lowest BCUT2D eigenvalue weighted by Gasteiger charge is -2.41. The van der Waals surface area contributed by atoms with Crippen molar-refractivity contribution in [2.75, 3.05) is 57.7 Å². The predicted octanol–water partition coefficient (Wildman–Crippen LogP) is 3.40. The Morgan fingerprint density at radius 3 is 2.21 bits per heavy atom. The van der Waals surface area contributed by atoms with Crippen LogP contribution in [0.1, 0.15) is 37.8 Å². The number of amides is 2. The molecule has 2 aromatic rings. The number of nitrogens with zero attached hydrogens (tertiary/aromatic N) is 3. The second-order valence-electron chi connectivity index (χ2n) is 9.02. The number of nitrogens with one attached hydrogen (secondary N) is 1.